The van der Waals surface area contributed by atoms with Gasteiger partial charge in [-0.3, -0.25) is 0 Å². The Labute approximate surface area is 158 Å². The number of hydrogen-bond acceptors (Lipinski definition) is 6. The Morgan fingerprint density at radius 3 is 2.70 bits per heavy atom. The first-order valence-electron chi connectivity index (χ1n) is 10.1. The van der Waals surface area contributed by atoms with Crippen LogP contribution in [0.4, 0.5) is 5.82 Å². The van der Waals surface area contributed by atoms with Crippen LogP contribution in [0.2, 0.25) is 0 Å². The first kappa shape index (κ1) is 16.6. The van der Waals surface area contributed by atoms with Gasteiger partial charge >= 0.3 is 0 Å². The Bertz CT molecular complexity index is 956. The van der Waals surface area contributed by atoms with E-state index < -0.39 is 0 Å². The van der Waals surface area contributed by atoms with Gasteiger partial charge in [0.15, 0.2) is 11.5 Å². The van der Waals surface area contributed by atoms with Crippen LogP contribution < -0.4 is 4.90 Å². The minimum absolute atomic E-state index is 0.394. The summed E-state index contributed by atoms with van der Waals surface area (Å²) in [5.74, 6) is 2.56. The van der Waals surface area contributed by atoms with Crippen LogP contribution in [0, 0.1) is 6.92 Å². The van der Waals surface area contributed by atoms with Gasteiger partial charge in [0, 0.05) is 30.3 Å². The number of fused-ring (bicyclic) bond motifs is 2. The second-order valence-corrected chi connectivity index (χ2v) is 7.75. The predicted molar refractivity (Wildman–Crippen MR) is 103 cm³/mol. The number of aryl methyl sites for hydroxylation is 2. The molecule has 3 aromatic heterocycles. The van der Waals surface area contributed by atoms with Crippen molar-refractivity contribution < 1.29 is 0 Å². The molecule has 7 heteroatoms. The van der Waals surface area contributed by atoms with E-state index in [-0.39, 0.29) is 0 Å². The van der Waals surface area contributed by atoms with Crippen LogP contribution in [-0.2, 0) is 12.8 Å². The van der Waals surface area contributed by atoms with Crippen LogP contribution in [0.3, 0.4) is 0 Å². The summed E-state index contributed by atoms with van der Waals surface area (Å²) in [7, 11) is 0. The molecule has 3 aromatic rings. The van der Waals surface area contributed by atoms with Crippen molar-refractivity contribution >= 4 is 11.5 Å². The molecule has 0 atom stereocenters. The van der Waals surface area contributed by atoms with Crippen molar-refractivity contribution in [1.82, 2.24) is 29.8 Å². The van der Waals surface area contributed by atoms with Gasteiger partial charge in [0.1, 0.15) is 12.1 Å². The van der Waals surface area contributed by atoms with Crippen molar-refractivity contribution in [2.75, 3.05) is 18.0 Å². The minimum atomic E-state index is 0.394. The molecular formula is C20H25N7. The van der Waals surface area contributed by atoms with Crippen molar-refractivity contribution in [1.29, 1.82) is 0 Å². The molecular weight excluding hydrogens is 338 g/mol. The van der Waals surface area contributed by atoms with Gasteiger partial charge in [-0.05, 0) is 57.6 Å². The van der Waals surface area contributed by atoms with Crippen LogP contribution in [0.1, 0.15) is 60.8 Å². The van der Waals surface area contributed by atoms with Gasteiger partial charge < -0.3 is 4.90 Å². The molecule has 0 N–H and O–H groups in total. The summed E-state index contributed by atoms with van der Waals surface area (Å²) < 4.78 is 1.92. The fourth-order valence-electron chi connectivity index (χ4n) is 4.45. The Kier molecular flexibility index (Phi) is 4.22. The Morgan fingerprint density at radius 1 is 0.963 bits per heavy atom. The maximum atomic E-state index is 4.68. The van der Waals surface area contributed by atoms with Crippen molar-refractivity contribution in [2.24, 2.45) is 0 Å². The fourth-order valence-corrected chi connectivity index (χ4v) is 4.45. The molecule has 1 aliphatic carbocycles. The molecule has 0 radical (unpaired) electrons. The number of aromatic nitrogens is 6. The summed E-state index contributed by atoms with van der Waals surface area (Å²) in [6.45, 7) is 4.00. The zero-order valence-corrected chi connectivity index (χ0v) is 15.8. The Morgan fingerprint density at radius 2 is 1.81 bits per heavy atom. The average molecular weight is 363 g/mol. The lowest BCUT2D eigenvalue weighted by atomic mass is 9.95. The smallest absolute Gasteiger partial charge is 0.177 e. The van der Waals surface area contributed by atoms with Crippen LogP contribution in [0.15, 0.2) is 18.5 Å². The van der Waals surface area contributed by atoms with Gasteiger partial charge in [-0.15, -0.1) is 10.2 Å². The second-order valence-electron chi connectivity index (χ2n) is 7.75. The van der Waals surface area contributed by atoms with E-state index in [4.69, 9.17) is 0 Å². The molecule has 0 saturated carbocycles. The topological polar surface area (TPSA) is 72.1 Å². The molecule has 4 heterocycles. The van der Waals surface area contributed by atoms with Gasteiger partial charge in [-0.2, -0.15) is 9.61 Å². The second kappa shape index (κ2) is 6.87. The summed E-state index contributed by atoms with van der Waals surface area (Å²) in [6.07, 6.45) is 9.86. The van der Waals surface area contributed by atoms with E-state index in [9.17, 15) is 0 Å². The molecule has 0 bridgehead atoms. The third-order valence-electron chi connectivity index (χ3n) is 5.93. The first-order chi connectivity index (χ1) is 13.3. The summed E-state index contributed by atoms with van der Waals surface area (Å²) in [6, 6.07) is 3.97. The molecule has 2 aliphatic rings. The lowest BCUT2D eigenvalue weighted by Gasteiger charge is -2.33. The highest BCUT2D eigenvalue weighted by molar-refractivity contribution is 5.49. The summed E-state index contributed by atoms with van der Waals surface area (Å²) in [5.41, 5.74) is 4.48. The lowest BCUT2D eigenvalue weighted by molar-refractivity contribution is 0.473. The largest absolute Gasteiger partial charge is 0.356 e. The van der Waals surface area contributed by atoms with E-state index in [1.807, 2.05) is 23.6 Å². The first-order valence-corrected chi connectivity index (χ1v) is 10.1. The van der Waals surface area contributed by atoms with Gasteiger partial charge in [-0.25, -0.2) is 9.97 Å². The summed E-state index contributed by atoms with van der Waals surface area (Å²) in [5, 5.41) is 13.4. The van der Waals surface area contributed by atoms with Gasteiger partial charge in [0.25, 0.3) is 0 Å². The third-order valence-corrected chi connectivity index (χ3v) is 5.93. The predicted octanol–water partition coefficient (Wildman–Crippen LogP) is 2.88. The molecule has 0 spiro atoms. The zero-order chi connectivity index (χ0) is 18.2. The molecule has 0 unspecified atom stereocenters. The molecule has 1 aliphatic heterocycles. The van der Waals surface area contributed by atoms with E-state index in [1.165, 1.54) is 36.3 Å². The number of rotatable bonds is 2. The van der Waals surface area contributed by atoms with E-state index in [1.54, 1.807) is 6.33 Å². The normalized spacial score (nSPS) is 18.5. The maximum Gasteiger partial charge on any atom is 0.177 e. The SMILES string of the molecule is Cc1ccc2nnc(C3CCN(c4ncnc5c4CCCCC5)CC3)n2n1. The van der Waals surface area contributed by atoms with Gasteiger partial charge in [0.05, 0.1) is 5.69 Å². The van der Waals surface area contributed by atoms with E-state index in [2.05, 4.69) is 30.2 Å². The number of piperidine rings is 1. The van der Waals surface area contributed by atoms with Crippen LogP contribution in [-0.4, -0.2) is 42.9 Å². The molecule has 0 amide bonds. The number of anilines is 1. The fraction of sp³-hybridized carbons (Fsp3) is 0.550. The Hall–Kier alpha value is -2.57. The molecule has 140 valence electrons. The molecule has 1 saturated heterocycles. The van der Waals surface area contributed by atoms with Crippen LogP contribution in [0.5, 0.6) is 0 Å². The standard InChI is InChI=1S/C20H25N7/c1-14-7-8-18-23-24-19(27(18)25-14)15-9-11-26(12-10-15)20-16-5-3-2-4-6-17(16)21-13-22-20/h7-8,13,15H,2-6,9-12H2,1H3. The van der Waals surface area contributed by atoms with Crippen LogP contribution in [0.25, 0.3) is 5.65 Å². The molecule has 7 nitrogen and oxygen atoms in total. The highest BCUT2D eigenvalue weighted by atomic mass is 15.4. The van der Waals surface area contributed by atoms with Crippen molar-refractivity contribution in [2.45, 2.75) is 57.8 Å². The van der Waals surface area contributed by atoms with E-state index >= 15 is 0 Å². The third kappa shape index (κ3) is 3.05. The monoisotopic (exact) mass is 363 g/mol. The van der Waals surface area contributed by atoms with Gasteiger partial charge in [-0.1, -0.05) is 6.42 Å². The molecule has 1 fully saturated rings. The summed E-state index contributed by atoms with van der Waals surface area (Å²) in [4.78, 5) is 11.7. The molecule has 27 heavy (non-hydrogen) atoms. The highest BCUT2D eigenvalue weighted by Crippen LogP contribution is 2.32. The maximum absolute atomic E-state index is 4.68. The minimum Gasteiger partial charge on any atom is -0.356 e. The van der Waals surface area contributed by atoms with Crippen LogP contribution >= 0.6 is 0 Å². The zero-order valence-electron chi connectivity index (χ0n) is 15.8. The van der Waals surface area contributed by atoms with Crippen molar-refractivity contribution in [3.8, 4) is 0 Å². The van der Waals surface area contributed by atoms with E-state index in [0.29, 0.717) is 5.92 Å². The number of nitrogens with zero attached hydrogens (tertiary/aromatic N) is 7. The molecule has 5 rings (SSSR count). The highest BCUT2D eigenvalue weighted by Gasteiger charge is 2.27. The van der Waals surface area contributed by atoms with E-state index in [0.717, 1.165) is 55.9 Å². The van der Waals surface area contributed by atoms with Gasteiger partial charge in [0.2, 0.25) is 0 Å². The number of hydrogen-bond donors (Lipinski definition) is 0. The average Bonchev–Trinajstić information content (AvgIpc) is 2.95. The van der Waals surface area contributed by atoms with Crippen molar-refractivity contribution in [3.05, 3.63) is 41.2 Å². The lowest BCUT2D eigenvalue weighted by Crippen LogP contribution is -2.35. The Balaban J connectivity index is 1.37. The molecule has 0 aromatic carbocycles. The van der Waals surface area contributed by atoms with Crippen molar-refractivity contribution in [3.63, 3.8) is 0 Å². The summed E-state index contributed by atoms with van der Waals surface area (Å²) >= 11 is 0. The quantitative estimate of drug-likeness (QED) is 0.652.